The van der Waals surface area contributed by atoms with Crippen LogP contribution in [0, 0.1) is 16.3 Å². The van der Waals surface area contributed by atoms with Crippen molar-refractivity contribution in [2.45, 2.75) is 13.1 Å². The third kappa shape index (κ3) is 3.05. The van der Waals surface area contributed by atoms with E-state index in [0.29, 0.717) is 6.07 Å². The zero-order chi connectivity index (χ0) is 18.5. The number of aromatic nitrogens is 3. The summed E-state index contributed by atoms with van der Waals surface area (Å²) in [6, 6.07) is 1.83. The molecular formula is C15H8F4IN3O2. The van der Waals surface area contributed by atoms with Crippen molar-refractivity contribution in [3.05, 3.63) is 59.7 Å². The Hall–Kier alpha value is -2.24. The number of nitrogens with one attached hydrogen (secondary N) is 2. The van der Waals surface area contributed by atoms with Gasteiger partial charge in [0.15, 0.2) is 0 Å². The minimum Gasteiger partial charge on any atom is -0.306 e. The van der Waals surface area contributed by atoms with E-state index in [-0.39, 0.29) is 31.3 Å². The van der Waals surface area contributed by atoms with Crippen molar-refractivity contribution < 1.29 is 17.6 Å². The van der Waals surface area contributed by atoms with Gasteiger partial charge in [0.2, 0.25) is 0 Å². The lowest BCUT2D eigenvalue weighted by Crippen LogP contribution is -2.23. The molecule has 0 aliphatic rings. The van der Waals surface area contributed by atoms with Crippen LogP contribution in [0.2, 0.25) is 0 Å². The van der Waals surface area contributed by atoms with Gasteiger partial charge in [-0.2, -0.15) is 13.2 Å². The first kappa shape index (κ1) is 17.6. The molecule has 2 N–H and O–H groups in total. The zero-order valence-electron chi connectivity index (χ0n) is 12.4. The zero-order valence-corrected chi connectivity index (χ0v) is 14.5. The van der Waals surface area contributed by atoms with Crippen LogP contribution in [0.3, 0.4) is 0 Å². The van der Waals surface area contributed by atoms with Crippen LogP contribution in [0.1, 0.15) is 11.1 Å². The molecule has 3 rings (SSSR count). The number of fused-ring (bicyclic) bond motifs is 1. The van der Waals surface area contributed by atoms with Gasteiger partial charge in [0.25, 0.3) is 5.56 Å². The van der Waals surface area contributed by atoms with E-state index in [4.69, 9.17) is 0 Å². The van der Waals surface area contributed by atoms with Crippen molar-refractivity contribution >= 4 is 33.5 Å². The molecule has 0 bridgehead atoms. The van der Waals surface area contributed by atoms with Gasteiger partial charge in [-0.1, -0.05) is 0 Å². The van der Waals surface area contributed by atoms with E-state index in [0.717, 1.165) is 6.20 Å². The van der Waals surface area contributed by atoms with Crippen LogP contribution in [0.15, 0.2) is 27.9 Å². The SMILES string of the molecule is Cc1cc(-c2c(C(F)(F)F)cc3c(=O)[nH]c(=O)[nH]c3c2I)ncc1F. The Morgan fingerprint density at radius 3 is 2.44 bits per heavy atom. The van der Waals surface area contributed by atoms with Crippen LogP contribution < -0.4 is 11.2 Å². The number of alkyl halides is 3. The molecule has 0 fully saturated rings. The number of aryl methyl sites for hydroxylation is 1. The molecule has 10 heteroatoms. The van der Waals surface area contributed by atoms with Crippen molar-refractivity contribution in [2.24, 2.45) is 0 Å². The van der Waals surface area contributed by atoms with Crippen molar-refractivity contribution in [3.63, 3.8) is 0 Å². The highest BCUT2D eigenvalue weighted by atomic mass is 127. The largest absolute Gasteiger partial charge is 0.417 e. The minimum absolute atomic E-state index is 0.0101. The van der Waals surface area contributed by atoms with Crippen LogP contribution in [0.4, 0.5) is 17.6 Å². The Balaban J connectivity index is 2.51. The Labute approximate surface area is 150 Å². The Morgan fingerprint density at radius 2 is 1.84 bits per heavy atom. The van der Waals surface area contributed by atoms with E-state index in [9.17, 15) is 27.2 Å². The summed E-state index contributed by atoms with van der Waals surface area (Å²) in [7, 11) is 0. The summed E-state index contributed by atoms with van der Waals surface area (Å²) >= 11 is 1.60. The molecule has 0 atom stereocenters. The molecule has 2 heterocycles. The Kier molecular flexibility index (Phi) is 4.17. The lowest BCUT2D eigenvalue weighted by atomic mass is 10.00. The molecule has 0 aliphatic heterocycles. The fraction of sp³-hybridized carbons (Fsp3) is 0.133. The summed E-state index contributed by atoms with van der Waals surface area (Å²) in [6.07, 6.45) is -3.96. The quantitative estimate of drug-likeness (QED) is 0.428. The average molecular weight is 465 g/mol. The third-order valence-corrected chi connectivity index (χ3v) is 4.66. The van der Waals surface area contributed by atoms with Gasteiger partial charge in [-0.05, 0) is 47.2 Å². The van der Waals surface area contributed by atoms with E-state index in [1.165, 1.54) is 13.0 Å². The smallest absolute Gasteiger partial charge is 0.306 e. The second-order valence-corrected chi connectivity index (χ2v) is 6.34. The highest BCUT2D eigenvalue weighted by Gasteiger charge is 2.36. The summed E-state index contributed by atoms with van der Waals surface area (Å²) in [5.41, 5.74) is -3.24. The molecule has 3 aromatic rings. The first-order chi connectivity index (χ1) is 11.6. The summed E-state index contributed by atoms with van der Waals surface area (Å²) in [4.78, 5) is 31.3. The van der Waals surface area contributed by atoms with Gasteiger partial charge in [0.05, 0.1) is 28.4 Å². The number of nitrogens with zero attached hydrogens (tertiary/aromatic N) is 1. The highest BCUT2D eigenvalue weighted by Crippen LogP contribution is 2.41. The van der Waals surface area contributed by atoms with Gasteiger partial charge in [-0.25, -0.2) is 9.18 Å². The molecule has 0 saturated carbocycles. The van der Waals surface area contributed by atoms with Crippen LogP contribution in [0.5, 0.6) is 0 Å². The van der Waals surface area contributed by atoms with Crippen molar-refractivity contribution in [1.29, 1.82) is 0 Å². The lowest BCUT2D eigenvalue weighted by molar-refractivity contribution is -0.137. The number of aromatic amines is 2. The van der Waals surface area contributed by atoms with Crippen molar-refractivity contribution in [2.75, 3.05) is 0 Å². The second kappa shape index (κ2) is 5.93. The molecule has 0 amide bonds. The maximum absolute atomic E-state index is 13.5. The maximum atomic E-state index is 13.5. The molecule has 0 spiro atoms. The molecule has 0 saturated heterocycles. The molecule has 25 heavy (non-hydrogen) atoms. The van der Waals surface area contributed by atoms with E-state index >= 15 is 0 Å². The van der Waals surface area contributed by atoms with E-state index < -0.39 is 28.8 Å². The fourth-order valence-corrected chi connectivity index (χ4v) is 3.41. The molecule has 2 aromatic heterocycles. The topological polar surface area (TPSA) is 78.6 Å². The number of benzene rings is 1. The van der Waals surface area contributed by atoms with Crippen LogP contribution in [-0.2, 0) is 6.18 Å². The minimum atomic E-state index is -4.78. The standard InChI is InChI=1S/C15H8F4IN3O2/c1-5-2-9(21-4-8(5)16)10-7(15(17,18)19)3-6-12(11(10)20)22-14(25)23-13(6)24/h2-4H,1H3,(H2,22,23,24,25). The van der Waals surface area contributed by atoms with Gasteiger partial charge in [-0.15, -0.1) is 0 Å². The van der Waals surface area contributed by atoms with Gasteiger partial charge in [-0.3, -0.25) is 14.8 Å². The van der Waals surface area contributed by atoms with E-state index in [1.807, 2.05) is 4.98 Å². The van der Waals surface area contributed by atoms with E-state index in [1.54, 1.807) is 22.6 Å². The van der Waals surface area contributed by atoms with Crippen molar-refractivity contribution in [3.8, 4) is 11.3 Å². The van der Waals surface area contributed by atoms with Crippen LogP contribution >= 0.6 is 22.6 Å². The molecule has 130 valence electrons. The average Bonchev–Trinajstić information content (AvgIpc) is 2.50. The first-order valence-corrected chi connectivity index (χ1v) is 7.86. The summed E-state index contributed by atoms with van der Waals surface area (Å²) < 4.78 is 54.0. The first-order valence-electron chi connectivity index (χ1n) is 6.78. The number of rotatable bonds is 1. The highest BCUT2D eigenvalue weighted by molar-refractivity contribution is 14.1. The van der Waals surface area contributed by atoms with E-state index in [2.05, 4.69) is 9.97 Å². The summed E-state index contributed by atoms with van der Waals surface area (Å²) in [5, 5.41) is -0.307. The summed E-state index contributed by atoms with van der Waals surface area (Å²) in [6.45, 7) is 1.40. The Morgan fingerprint density at radius 1 is 1.16 bits per heavy atom. The monoisotopic (exact) mass is 465 g/mol. The second-order valence-electron chi connectivity index (χ2n) is 5.26. The normalized spacial score (nSPS) is 11.9. The third-order valence-electron chi connectivity index (χ3n) is 3.59. The molecule has 0 unspecified atom stereocenters. The van der Waals surface area contributed by atoms with Crippen LogP contribution in [0.25, 0.3) is 22.2 Å². The molecule has 0 aliphatic carbocycles. The predicted octanol–water partition coefficient (Wildman–Crippen LogP) is 3.35. The lowest BCUT2D eigenvalue weighted by Gasteiger charge is -2.16. The fourth-order valence-electron chi connectivity index (χ4n) is 2.42. The molecule has 5 nitrogen and oxygen atoms in total. The summed E-state index contributed by atoms with van der Waals surface area (Å²) in [5.74, 6) is -0.655. The van der Waals surface area contributed by atoms with Gasteiger partial charge in [0.1, 0.15) is 5.82 Å². The number of H-pyrrole nitrogens is 2. The van der Waals surface area contributed by atoms with Gasteiger partial charge < -0.3 is 4.98 Å². The maximum Gasteiger partial charge on any atom is 0.417 e. The molecular weight excluding hydrogens is 457 g/mol. The predicted molar refractivity (Wildman–Crippen MR) is 90.8 cm³/mol. The number of hydrogen-bond donors (Lipinski definition) is 2. The van der Waals surface area contributed by atoms with Crippen LogP contribution in [-0.4, -0.2) is 15.0 Å². The molecule has 1 aromatic carbocycles. The van der Waals surface area contributed by atoms with Crippen molar-refractivity contribution in [1.82, 2.24) is 15.0 Å². The molecule has 0 radical (unpaired) electrons. The number of hydrogen-bond acceptors (Lipinski definition) is 3. The number of halogens is 5. The van der Waals surface area contributed by atoms with Gasteiger partial charge in [0, 0.05) is 9.13 Å². The Bertz CT molecular complexity index is 1120. The van der Waals surface area contributed by atoms with Gasteiger partial charge >= 0.3 is 11.9 Å². The number of pyridine rings is 1.